The molecule has 0 radical (unpaired) electrons. The van der Waals surface area contributed by atoms with Crippen molar-refractivity contribution >= 4 is 23.2 Å². The first kappa shape index (κ1) is 15.7. The van der Waals surface area contributed by atoms with Gasteiger partial charge in [0.25, 0.3) is 11.6 Å². The number of piperidine rings is 1. The van der Waals surface area contributed by atoms with Gasteiger partial charge in [0.15, 0.2) is 0 Å². The molecule has 0 atom stereocenters. The fourth-order valence-corrected chi connectivity index (χ4v) is 2.32. The largest absolute Gasteiger partial charge is 0.377 e. The van der Waals surface area contributed by atoms with Gasteiger partial charge < -0.3 is 4.90 Å². The molecular formula is C14H18N4O4. The van der Waals surface area contributed by atoms with Gasteiger partial charge in [-0.15, -0.1) is 0 Å². The number of nitrogens with one attached hydrogen (secondary N) is 1. The lowest BCUT2D eigenvalue weighted by Crippen LogP contribution is -2.48. The Morgan fingerprint density at radius 3 is 2.68 bits per heavy atom. The minimum Gasteiger partial charge on any atom is -0.377 e. The Labute approximate surface area is 127 Å². The number of carbonyl (C=O) groups excluding carboxylic acids is 2. The normalized spacial score (nSPS) is 14.6. The van der Waals surface area contributed by atoms with Gasteiger partial charge in [-0.2, -0.15) is 0 Å². The number of benzene rings is 1. The van der Waals surface area contributed by atoms with E-state index < -0.39 is 10.8 Å². The zero-order valence-electron chi connectivity index (χ0n) is 12.5. The molecule has 1 aliphatic heterocycles. The Balaban J connectivity index is 2.28. The zero-order chi connectivity index (χ0) is 16.3. The molecule has 8 heteroatoms. The molecule has 1 aliphatic rings. The van der Waals surface area contributed by atoms with Gasteiger partial charge in [-0.3, -0.25) is 30.1 Å². The van der Waals surface area contributed by atoms with Crippen LogP contribution in [0.1, 0.15) is 29.6 Å². The number of nitrogens with zero attached hydrogens (tertiary/aromatic N) is 3. The van der Waals surface area contributed by atoms with Crippen molar-refractivity contribution in [2.75, 3.05) is 25.5 Å². The van der Waals surface area contributed by atoms with Crippen molar-refractivity contribution in [3.8, 4) is 0 Å². The summed E-state index contributed by atoms with van der Waals surface area (Å²) in [6.07, 6.45) is 2.03. The minimum absolute atomic E-state index is 0.142. The molecule has 2 rings (SSSR count). The molecule has 8 nitrogen and oxygen atoms in total. The first-order chi connectivity index (χ1) is 10.4. The van der Waals surface area contributed by atoms with Crippen LogP contribution in [0.5, 0.6) is 0 Å². The lowest BCUT2D eigenvalue weighted by molar-refractivity contribution is -0.384. The van der Waals surface area contributed by atoms with Crippen molar-refractivity contribution in [3.05, 3.63) is 33.9 Å². The summed E-state index contributed by atoms with van der Waals surface area (Å²) < 4.78 is 0. The Bertz CT molecular complexity index is 615. The maximum Gasteiger partial charge on any atom is 0.272 e. The molecule has 0 spiro atoms. The van der Waals surface area contributed by atoms with Crippen LogP contribution in [0.2, 0.25) is 0 Å². The maximum absolute atomic E-state index is 12.4. The highest BCUT2D eigenvalue weighted by atomic mass is 16.6. The predicted molar refractivity (Wildman–Crippen MR) is 80.5 cm³/mol. The van der Waals surface area contributed by atoms with Gasteiger partial charge in [-0.25, -0.2) is 0 Å². The number of non-ortho nitro benzene ring substituents is 1. The van der Waals surface area contributed by atoms with E-state index in [0.717, 1.165) is 12.8 Å². The second-order valence-electron chi connectivity index (χ2n) is 5.30. The van der Waals surface area contributed by atoms with Crippen LogP contribution >= 0.6 is 0 Å². The van der Waals surface area contributed by atoms with Crippen LogP contribution in [-0.2, 0) is 4.79 Å². The van der Waals surface area contributed by atoms with Crippen LogP contribution in [0.3, 0.4) is 0 Å². The van der Waals surface area contributed by atoms with Crippen LogP contribution in [0.15, 0.2) is 18.2 Å². The molecule has 1 aromatic carbocycles. The van der Waals surface area contributed by atoms with Crippen molar-refractivity contribution in [1.82, 2.24) is 10.4 Å². The molecule has 1 saturated heterocycles. The van der Waals surface area contributed by atoms with Crippen LogP contribution in [0.25, 0.3) is 0 Å². The van der Waals surface area contributed by atoms with Crippen molar-refractivity contribution in [1.29, 1.82) is 0 Å². The monoisotopic (exact) mass is 306 g/mol. The van der Waals surface area contributed by atoms with E-state index in [4.69, 9.17) is 0 Å². The highest BCUT2D eigenvalue weighted by Gasteiger charge is 2.23. The van der Waals surface area contributed by atoms with Crippen molar-refractivity contribution in [3.63, 3.8) is 0 Å². The highest BCUT2D eigenvalue weighted by Crippen LogP contribution is 2.24. The molecule has 1 heterocycles. The molecule has 0 bridgehead atoms. The molecule has 118 valence electrons. The lowest BCUT2D eigenvalue weighted by atomic mass is 10.1. The second-order valence-corrected chi connectivity index (χ2v) is 5.30. The number of rotatable bonds is 4. The average Bonchev–Trinajstić information content (AvgIpc) is 2.48. The second kappa shape index (κ2) is 6.42. The SMILES string of the molecule is CN(C)c1ccc([N+](=O)[O-])cc1C(=O)NN1CCCCC1=O. The Morgan fingerprint density at radius 2 is 2.09 bits per heavy atom. The number of anilines is 1. The standard InChI is InChI=1S/C14H18N4O4/c1-16(2)12-7-6-10(18(21)22)9-11(12)14(20)15-17-8-4-3-5-13(17)19/h6-7,9H,3-5,8H2,1-2H3,(H,15,20). The molecule has 0 aromatic heterocycles. The topological polar surface area (TPSA) is 95.8 Å². The molecule has 1 N–H and O–H groups in total. The Morgan fingerprint density at radius 1 is 1.36 bits per heavy atom. The third-order valence-corrected chi connectivity index (χ3v) is 3.48. The van der Waals surface area contributed by atoms with E-state index in [9.17, 15) is 19.7 Å². The lowest BCUT2D eigenvalue weighted by Gasteiger charge is -2.27. The van der Waals surface area contributed by atoms with Crippen LogP contribution in [-0.4, -0.2) is 42.4 Å². The molecule has 0 unspecified atom stereocenters. The van der Waals surface area contributed by atoms with Gasteiger partial charge in [0.05, 0.1) is 10.5 Å². The molecule has 1 fully saturated rings. The smallest absolute Gasteiger partial charge is 0.272 e. The van der Waals surface area contributed by atoms with Crippen LogP contribution in [0, 0.1) is 10.1 Å². The fourth-order valence-electron chi connectivity index (χ4n) is 2.32. The average molecular weight is 306 g/mol. The zero-order valence-corrected chi connectivity index (χ0v) is 12.5. The van der Waals surface area contributed by atoms with Gasteiger partial charge >= 0.3 is 0 Å². The molecule has 0 aliphatic carbocycles. The summed E-state index contributed by atoms with van der Waals surface area (Å²) in [6.45, 7) is 0.455. The summed E-state index contributed by atoms with van der Waals surface area (Å²) in [6, 6.07) is 4.09. The van der Waals surface area contributed by atoms with Crippen molar-refractivity contribution in [2.45, 2.75) is 19.3 Å². The predicted octanol–water partition coefficient (Wildman–Crippen LogP) is 1.32. The van der Waals surface area contributed by atoms with Gasteiger partial charge in [0, 0.05) is 44.9 Å². The van der Waals surface area contributed by atoms with E-state index in [2.05, 4.69) is 5.43 Å². The number of nitro groups is 1. The quantitative estimate of drug-likeness (QED) is 0.668. The Hall–Kier alpha value is -2.64. The summed E-state index contributed by atoms with van der Waals surface area (Å²) in [7, 11) is 3.48. The summed E-state index contributed by atoms with van der Waals surface area (Å²) in [5.74, 6) is -0.668. The van der Waals surface area contributed by atoms with E-state index in [1.54, 1.807) is 19.0 Å². The van der Waals surface area contributed by atoms with Crippen molar-refractivity contribution < 1.29 is 14.5 Å². The van der Waals surface area contributed by atoms with Gasteiger partial charge in [0.2, 0.25) is 5.91 Å². The number of amides is 2. The van der Waals surface area contributed by atoms with Gasteiger partial charge in [-0.05, 0) is 18.9 Å². The number of hydrogen-bond acceptors (Lipinski definition) is 5. The third-order valence-electron chi connectivity index (χ3n) is 3.48. The van der Waals surface area contributed by atoms with E-state index in [0.29, 0.717) is 18.7 Å². The van der Waals surface area contributed by atoms with E-state index in [-0.39, 0.29) is 17.2 Å². The molecule has 0 saturated carbocycles. The van der Waals surface area contributed by atoms with Crippen LogP contribution in [0.4, 0.5) is 11.4 Å². The maximum atomic E-state index is 12.4. The summed E-state index contributed by atoms with van der Waals surface area (Å²) >= 11 is 0. The number of nitro benzene ring substituents is 1. The molecule has 2 amide bonds. The number of hydrazine groups is 1. The Kier molecular flexibility index (Phi) is 4.59. The van der Waals surface area contributed by atoms with Crippen molar-refractivity contribution in [2.24, 2.45) is 0 Å². The minimum atomic E-state index is -0.553. The molecular weight excluding hydrogens is 288 g/mol. The van der Waals surface area contributed by atoms with E-state index >= 15 is 0 Å². The highest BCUT2D eigenvalue weighted by molar-refractivity contribution is 6.01. The van der Waals surface area contributed by atoms with Gasteiger partial charge in [-0.1, -0.05) is 0 Å². The first-order valence-electron chi connectivity index (χ1n) is 6.97. The third kappa shape index (κ3) is 3.33. The summed E-state index contributed by atoms with van der Waals surface area (Å²) in [5.41, 5.74) is 3.09. The number of hydrogen-bond donors (Lipinski definition) is 1. The van der Waals surface area contributed by atoms with E-state index in [1.165, 1.54) is 23.2 Å². The first-order valence-corrected chi connectivity index (χ1v) is 6.97. The number of carbonyl (C=O) groups is 2. The molecule has 22 heavy (non-hydrogen) atoms. The summed E-state index contributed by atoms with van der Waals surface area (Å²) in [4.78, 5) is 36.2. The van der Waals surface area contributed by atoms with E-state index in [1.807, 2.05) is 0 Å². The van der Waals surface area contributed by atoms with Gasteiger partial charge in [0.1, 0.15) is 0 Å². The molecule has 1 aromatic rings. The van der Waals surface area contributed by atoms with Crippen LogP contribution < -0.4 is 10.3 Å². The fraction of sp³-hybridized carbons (Fsp3) is 0.429. The summed E-state index contributed by atoms with van der Waals surface area (Å²) in [5, 5.41) is 12.2.